The van der Waals surface area contributed by atoms with Crippen molar-refractivity contribution >= 4 is 5.97 Å². The van der Waals surface area contributed by atoms with E-state index >= 15 is 0 Å². The zero-order valence-electron chi connectivity index (χ0n) is 38.4. The van der Waals surface area contributed by atoms with Gasteiger partial charge in [-0.3, -0.25) is 4.79 Å². The Kier molecular flexibility index (Phi) is 14.4. The van der Waals surface area contributed by atoms with E-state index in [-0.39, 0.29) is 43.0 Å². The summed E-state index contributed by atoms with van der Waals surface area (Å²) < 4.78 is 72.7. The third kappa shape index (κ3) is 9.15. The summed E-state index contributed by atoms with van der Waals surface area (Å²) in [5.41, 5.74) is 1.77. The number of ether oxygens (including phenoxy) is 12. The maximum atomic E-state index is 13.7. The Morgan fingerprint density at radius 3 is 2.03 bits per heavy atom. The smallest absolute Gasteiger partial charge is 0.309 e. The highest BCUT2D eigenvalue weighted by Crippen LogP contribution is 2.57. The molecule has 2 aliphatic carbocycles. The van der Waals surface area contributed by atoms with E-state index in [0.717, 1.165) is 24.0 Å². The highest BCUT2D eigenvalue weighted by molar-refractivity contribution is 5.74. The number of aliphatic hydroxyl groups is 7. The average molecular weight is 943 g/mol. The summed E-state index contributed by atoms with van der Waals surface area (Å²) in [4.78, 5) is 13.7. The quantitative estimate of drug-likeness (QED) is 0.114. The van der Waals surface area contributed by atoms with Crippen LogP contribution in [0.1, 0.15) is 86.0 Å². The van der Waals surface area contributed by atoms with Crippen molar-refractivity contribution in [3.8, 4) is 0 Å². The molecule has 1 unspecified atom stereocenters. The molecular formula is C46H70O20. The number of hydrogen-bond donors (Lipinski definition) is 7. The third-order valence-corrected chi connectivity index (χ3v) is 16.1. The lowest BCUT2D eigenvalue weighted by Crippen LogP contribution is -2.62. The molecule has 7 heterocycles. The first-order valence-corrected chi connectivity index (χ1v) is 23.8. The first-order chi connectivity index (χ1) is 31.4. The van der Waals surface area contributed by atoms with Crippen LogP contribution in [0.3, 0.4) is 0 Å². The molecule has 0 radical (unpaired) electrons. The molecule has 66 heavy (non-hydrogen) atoms. The number of hydrogen-bond acceptors (Lipinski definition) is 20. The predicted molar refractivity (Wildman–Crippen MR) is 222 cm³/mol. The molecule has 7 fully saturated rings. The van der Waals surface area contributed by atoms with Crippen LogP contribution in [0, 0.1) is 23.2 Å². The number of allylic oxidation sites excluding steroid dienone is 1. The van der Waals surface area contributed by atoms with Crippen molar-refractivity contribution in [3.63, 3.8) is 0 Å². The van der Waals surface area contributed by atoms with Gasteiger partial charge in [-0.05, 0) is 69.8 Å². The van der Waals surface area contributed by atoms with Crippen LogP contribution in [0.5, 0.6) is 0 Å². The van der Waals surface area contributed by atoms with Crippen molar-refractivity contribution in [2.24, 2.45) is 23.2 Å². The second-order valence-electron chi connectivity index (χ2n) is 20.3. The first kappa shape index (κ1) is 49.1. The molecule has 20 heteroatoms. The Morgan fingerprint density at radius 2 is 1.39 bits per heavy atom. The molecule has 0 aromatic heterocycles. The Bertz CT molecular complexity index is 1760. The molecule has 20 nitrogen and oxygen atoms in total. The van der Waals surface area contributed by atoms with E-state index in [9.17, 15) is 40.5 Å². The number of fused-ring (bicyclic) bond motifs is 3. The van der Waals surface area contributed by atoms with Crippen molar-refractivity contribution in [2.45, 2.75) is 215 Å². The zero-order valence-corrected chi connectivity index (χ0v) is 38.4. The summed E-state index contributed by atoms with van der Waals surface area (Å²) in [6.45, 7) is 8.94. The van der Waals surface area contributed by atoms with Crippen LogP contribution in [-0.2, 0) is 61.6 Å². The molecule has 0 spiro atoms. The van der Waals surface area contributed by atoms with Gasteiger partial charge in [0.1, 0.15) is 48.8 Å². The third-order valence-electron chi connectivity index (χ3n) is 16.1. The van der Waals surface area contributed by atoms with E-state index in [2.05, 4.69) is 13.0 Å². The van der Waals surface area contributed by atoms with Crippen LogP contribution >= 0.6 is 0 Å². The molecule has 25 atom stereocenters. The summed E-state index contributed by atoms with van der Waals surface area (Å²) in [6, 6.07) is 0. The van der Waals surface area contributed by atoms with Gasteiger partial charge in [-0.2, -0.15) is 0 Å². The number of aliphatic hydroxyl groups excluding tert-OH is 7. The van der Waals surface area contributed by atoms with Gasteiger partial charge in [0.15, 0.2) is 25.2 Å². The normalized spacial score (nSPS) is 52.9. The molecule has 6 saturated heterocycles. The van der Waals surface area contributed by atoms with Crippen molar-refractivity contribution in [2.75, 3.05) is 20.3 Å². The van der Waals surface area contributed by atoms with Gasteiger partial charge < -0.3 is 92.6 Å². The standard InChI is InChI=1S/C46H70O20/c1-19-40(64-34-13-27(49)41(20(2)59-34)65-35-14-30(55-6)42(21(3)60-35)66-44-39(53)38(52)37(51)31(16-47)63-44)26(48)12-33(58-19)61-29-11-23-8-9-24-25(45(23,4)15-28(29)50)10-7-22-17-56-46(5)36(22)32(18-57-46)62-43(24)54/h8,17,19-21,24-42,44,47-53H,7,9-16,18H2,1-6H3/t19-,20-,21+,24-,25+,26-,27+,28-,29-,30-,31-,32?,33+,34+,35+,36-,37-,38+,39-,40-,41-,42+,44+,45+,46+/m1/s1. The second kappa shape index (κ2) is 19.3. The summed E-state index contributed by atoms with van der Waals surface area (Å²) in [7, 11) is 1.47. The molecule has 374 valence electrons. The summed E-state index contributed by atoms with van der Waals surface area (Å²) in [6.07, 6.45) is -11.8. The SMILES string of the molecule is CO[C@@H]1C[C@H](O[C@H]2[C@@H](O)C[C@H](O[C@H]3[C@H](O)C[C@H](O[C@@H]4CC5=CC[C@H]6C(=O)OC7CO[C@]8(C)OC=C(CC[C@@H]6[C@@]5(C)C[C@H]4O)[C@H]78)O[C@@H]3C)O[C@@H]2C)O[C@@H](C)[C@@H]1O[C@@H]1O[C@H](CO)[C@@H](O)[C@H](O)[C@H]1O. The van der Waals surface area contributed by atoms with Crippen LogP contribution in [-0.4, -0.2) is 191 Å². The van der Waals surface area contributed by atoms with Crippen molar-refractivity contribution < 1.29 is 97.4 Å². The van der Waals surface area contributed by atoms with Gasteiger partial charge in [-0.1, -0.05) is 18.6 Å². The van der Waals surface area contributed by atoms with E-state index in [4.69, 9.17) is 56.8 Å². The number of carbonyl (C=O) groups excluding carboxylic acids is 1. The second-order valence-corrected chi connectivity index (χ2v) is 20.3. The first-order valence-electron chi connectivity index (χ1n) is 23.8. The molecule has 9 aliphatic rings. The lowest BCUT2D eigenvalue weighted by molar-refractivity contribution is -0.356. The largest absolute Gasteiger partial charge is 0.469 e. The molecular weight excluding hydrogens is 872 g/mol. The van der Waals surface area contributed by atoms with E-state index in [1.165, 1.54) is 7.11 Å². The summed E-state index contributed by atoms with van der Waals surface area (Å²) in [5.74, 6) is -1.59. The fourth-order valence-electron chi connectivity index (χ4n) is 12.4. The van der Waals surface area contributed by atoms with Crippen LogP contribution in [0.4, 0.5) is 0 Å². The lowest BCUT2D eigenvalue weighted by atomic mass is 9.55. The molecule has 0 amide bonds. The minimum atomic E-state index is -1.61. The van der Waals surface area contributed by atoms with Crippen molar-refractivity contribution in [1.29, 1.82) is 0 Å². The Hall–Kier alpha value is -1.93. The summed E-state index contributed by atoms with van der Waals surface area (Å²) >= 11 is 0. The van der Waals surface area contributed by atoms with E-state index in [1.807, 2.05) is 6.92 Å². The highest BCUT2D eigenvalue weighted by atomic mass is 16.8. The number of esters is 1. The Labute approximate surface area is 384 Å². The maximum absolute atomic E-state index is 13.7. The van der Waals surface area contributed by atoms with Crippen LogP contribution in [0.15, 0.2) is 23.5 Å². The van der Waals surface area contributed by atoms with E-state index in [1.54, 1.807) is 27.0 Å². The Morgan fingerprint density at radius 1 is 0.758 bits per heavy atom. The number of methoxy groups -OCH3 is 1. The fraction of sp³-hybridized carbons (Fsp3) is 0.891. The van der Waals surface area contributed by atoms with Gasteiger partial charge in [0, 0.05) is 33.3 Å². The summed E-state index contributed by atoms with van der Waals surface area (Å²) in [5, 5.41) is 74.9. The van der Waals surface area contributed by atoms with Gasteiger partial charge in [0.2, 0.25) is 5.79 Å². The van der Waals surface area contributed by atoms with Gasteiger partial charge in [-0.25, -0.2) is 0 Å². The predicted octanol–water partition coefficient (Wildman–Crippen LogP) is 0.174. The number of carbonyl (C=O) groups is 1. The van der Waals surface area contributed by atoms with Gasteiger partial charge in [-0.15, -0.1) is 0 Å². The van der Waals surface area contributed by atoms with Crippen molar-refractivity contribution in [3.05, 3.63) is 23.5 Å². The minimum Gasteiger partial charge on any atom is -0.469 e. The molecule has 7 N–H and O–H groups in total. The molecule has 0 aromatic carbocycles. The zero-order chi connectivity index (χ0) is 47.0. The number of rotatable bonds is 10. The Balaban J connectivity index is 0.757. The van der Waals surface area contributed by atoms with Crippen LogP contribution in [0.25, 0.3) is 0 Å². The van der Waals surface area contributed by atoms with Crippen LogP contribution < -0.4 is 0 Å². The van der Waals surface area contributed by atoms with Gasteiger partial charge in [0.05, 0.1) is 80.1 Å². The molecule has 1 saturated carbocycles. The topological polar surface area (TPSA) is 269 Å². The molecule has 0 aromatic rings. The lowest BCUT2D eigenvalue weighted by Gasteiger charge is -2.52. The average Bonchev–Trinajstić information content (AvgIpc) is 3.79. The van der Waals surface area contributed by atoms with Crippen molar-refractivity contribution in [1.82, 2.24) is 0 Å². The molecule has 7 aliphatic heterocycles. The van der Waals surface area contributed by atoms with Gasteiger partial charge >= 0.3 is 5.97 Å². The van der Waals surface area contributed by atoms with E-state index < -0.39 is 141 Å². The van der Waals surface area contributed by atoms with Gasteiger partial charge in [0.25, 0.3) is 0 Å². The van der Waals surface area contributed by atoms with E-state index in [0.29, 0.717) is 25.9 Å². The minimum absolute atomic E-state index is 0.0196. The van der Waals surface area contributed by atoms with Crippen LogP contribution in [0.2, 0.25) is 0 Å². The molecule has 9 rings (SSSR count). The maximum Gasteiger partial charge on any atom is 0.309 e. The fourth-order valence-corrected chi connectivity index (χ4v) is 12.4. The highest BCUT2D eigenvalue weighted by Gasteiger charge is 2.59. The monoisotopic (exact) mass is 942 g/mol. The molecule has 0 bridgehead atoms.